The molecule has 1 atom stereocenters. The molecule has 4 aromatic rings. The third-order valence-electron chi connectivity index (χ3n) is 5.18. The van der Waals surface area contributed by atoms with Crippen molar-refractivity contribution < 1.29 is 4.79 Å². The first kappa shape index (κ1) is 19.4. The molecule has 0 saturated carbocycles. The molecule has 7 heteroatoms. The number of aryl methyl sites for hydroxylation is 1. The molecular weight excluding hydrogens is 380 g/mol. The largest absolute Gasteiger partial charge is 0.345 e. The Kier molecular flexibility index (Phi) is 5.10. The molecular formula is C23H22N4O3. The minimum Gasteiger partial charge on any atom is -0.345 e. The second-order valence-corrected chi connectivity index (χ2v) is 7.29. The summed E-state index contributed by atoms with van der Waals surface area (Å²) in [5.41, 5.74) is 1.61. The van der Waals surface area contributed by atoms with Crippen LogP contribution in [0.5, 0.6) is 0 Å². The molecule has 0 bridgehead atoms. The quantitative estimate of drug-likeness (QED) is 0.538. The van der Waals surface area contributed by atoms with Crippen LogP contribution >= 0.6 is 0 Å². The van der Waals surface area contributed by atoms with Gasteiger partial charge in [-0.25, -0.2) is 4.79 Å². The van der Waals surface area contributed by atoms with Gasteiger partial charge in [-0.2, -0.15) is 0 Å². The molecule has 0 aliphatic carbocycles. The Morgan fingerprint density at radius 1 is 1.03 bits per heavy atom. The summed E-state index contributed by atoms with van der Waals surface area (Å²) in [4.78, 5) is 41.3. The van der Waals surface area contributed by atoms with Gasteiger partial charge in [0, 0.05) is 13.2 Å². The Morgan fingerprint density at radius 3 is 2.33 bits per heavy atom. The molecule has 152 valence electrons. The molecule has 0 aliphatic rings. The summed E-state index contributed by atoms with van der Waals surface area (Å²) in [5, 5.41) is 2.93. The van der Waals surface area contributed by atoms with Crippen molar-refractivity contribution in [3.63, 3.8) is 0 Å². The monoisotopic (exact) mass is 402 g/mol. The molecule has 0 radical (unpaired) electrons. The lowest BCUT2D eigenvalue weighted by molar-refractivity contribution is 0.0941. The number of fused-ring (bicyclic) bond motifs is 1. The molecule has 0 fully saturated rings. The lowest BCUT2D eigenvalue weighted by Crippen LogP contribution is -2.36. The fourth-order valence-corrected chi connectivity index (χ4v) is 3.59. The Morgan fingerprint density at radius 2 is 1.67 bits per heavy atom. The van der Waals surface area contributed by atoms with Gasteiger partial charge in [-0.05, 0) is 18.1 Å². The van der Waals surface area contributed by atoms with Gasteiger partial charge < -0.3 is 14.9 Å². The predicted octanol–water partition coefficient (Wildman–Crippen LogP) is 2.57. The summed E-state index contributed by atoms with van der Waals surface area (Å²) in [6, 6.07) is 18.6. The maximum absolute atomic E-state index is 13.0. The second kappa shape index (κ2) is 7.87. The topological polar surface area (TPSA) is 88.9 Å². The Bertz CT molecular complexity index is 1320. The number of carbonyl (C=O) groups excluding carboxylic acids is 1. The zero-order chi connectivity index (χ0) is 21.3. The number of hydrogen-bond donors (Lipinski definition) is 2. The van der Waals surface area contributed by atoms with Crippen molar-refractivity contribution in [3.8, 4) is 0 Å². The average Bonchev–Trinajstić information content (AvgIpc) is 3.08. The van der Waals surface area contributed by atoms with Gasteiger partial charge in [0.1, 0.15) is 5.52 Å². The van der Waals surface area contributed by atoms with E-state index in [0.29, 0.717) is 0 Å². The summed E-state index contributed by atoms with van der Waals surface area (Å²) in [7, 11) is 1.69. The number of hydrogen-bond acceptors (Lipinski definition) is 3. The van der Waals surface area contributed by atoms with Crippen LogP contribution in [0.15, 0.2) is 76.4 Å². The van der Waals surface area contributed by atoms with Gasteiger partial charge in [-0.3, -0.25) is 14.2 Å². The summed E-state index contributed by atoms with van der Waals surface area (Å²) in [6.45, 7) is 2.04. The van der Waals surface area contributed by atoms with E-state index in [1.54, 1.807) is 17.8 Å². The van der Waals surface area contributed by atoms with Crippen LogP contribution in [0.1, 0.15) is 34.5 Å². The van der Waals surface area contributed by atoms with Crippen LogP contribution in [-0.2, 0) is 13.6 Å². The van der Waals surface area contributed by atoms with Gasteiger partial charge in [0.25, 0.3) is 11.5 Å². The van der Waals surface area contributed by atoms with Crippen LogP contribution in [0.4, 0.5) is 0 Å². The van der Waals surface area contributed by atoms with Crippen molar-refractivity contribution in [3.05, 3.63) is 104 Å². The number of nitrogens with one attached hydrogen (secondary N) is 2. The van der Waals surface area contributed by atoms with E-state index in [9.17, 15) is 14.4 Å². The lowest BCUT2D eigenvalue weighted by Gasteiger charge is -2.13. The number of H-pyrrole nitrogens is 1. The van der Waals surface area contributed by atoms with Crippen LogP contribution in [0.2, 0.25) is 0 Å². The van der Waals surface area contributed by atoms with E-state index < -0.39 is 11.2 Å². The van der Waals surface area contributed by atoms with Crippen molar-refractivity contribution in [2.24, 2.45) is 7.05 Å². The molecule has 0 unspecified atom stereocenters. The van der Waals surface area contributed by atoms with E-state index in [1.165, 1.54) is 0 Å². The maximum Gasteiger partial charge on any atom is 0.329 e. The van der Waals surface area contributed by atoms with E-state index in [4.69, 9.17) is 0 Å². The van der Waals surface area contributed by atoms with Gasteiger partial charge in [-0.15, -0.1) is 0 Å². The van der Waals surface area contributed by atoms with Crippen LogP contribution in [0, 0.1) is 0 Å². The first-order valence-corrected chi connectivity index (χ1v) is 9.67. The lowest BCUT2D eigenvalue weighted by atomic mass is 10.1. The highest BCUT2D eigenvalue weighted by molar-refractivity contribution is 6.05. The number of amides is 1. The first-order valence-electron chi connectivity index (χ1n) is 9.67. The van der Waals surface area contributed by atoms with Crippen molar-refractivity contribution >= 4 is 16.9 Å². The fourth-order valence-electron chi connectivity index (χ4n) is 3.59. The van der Waals surface area contributed by atoms with Crippen LogP contribution in [0.3, 0.4) is 0 Å². The van der Waals surface area contributed by atoms with Crippen LogP contribution in [-0.4, -0.2) is 20.0 Å². The standard InChI is InChI=1S/C23H22N4O3/c1-15(17-11-7-4-8-12-17)24-21(28)18-14-26(2)20-19(18)25-23(30)27(22(20)29)13-16-9-5-3-6-10-16/h3-12,14-15H,13H2,1-2H3,(H,24,28)(H,25,30)/t15-/m0/s1. The molecule has 4 rings (SSSR count). The summed E-state index contributed by atoms with van der Waals surface area (Å²) in [5.74, 6) is -0.354. The van der Waals surface area contributed by atoms with Crippen molar-refractivity contribution in [1.82, 2.24) is 19.4 Å². The van der Waals surface area contributed by atoms with Crippen molar-refractivity contribution in [2.75, 3.05) is 0 Å². The van der Waals surface area contributed by atoms with E-state index >= 15 is 0 Å². The Hall–Kier alpha value is -3.87. The molecule has 7 nitrogen and oxygen atoms in total. The summed E-state index contributed by atoms with van der Waals surface area (Å²) in [6.07, 6.45) is 1.57. The molecule has 0 aliphatic heterocycles. The van der Waals surface area contributed by atoms with E-state index in [-0.39, 0.29) is 35.1 Å². The average molecular weight is 402 g/mol. The summed E-state index contributed by atoms with van der Waals surface area (Å²) < 4.78 is 2.73. The molecule has 1 amide bonds. The van der Waals surface area contributed by atoms with Gasteiger partial charge in [0.15, 0.2) is 0 Å². The molecule has 2 aromatic heterocycles. The number of aromatic nitrogens is 3. The third-order valence-corrected chi connectivity index (χ3v) is 5.18. The van der Waals surface area contributed by atoms with E-state index in [0.717, 1.165) is 15.7 Å². The number of benzene rings is 2. The minimum absolute atomic E-state index is 0.155. The van der Waals surface area contributed by atoms with Crippen LogP contribution < -0.4 is 16.6 Å². The number of aromatic amines is 1. The SMILES string of the molecule is C[C@H](NC(=O)c1cn(C)c2c(=O)n(Cc3ccccc3)c(=O)[nH]c12)c1ccccc1. The highest BCUT2D eigenvalue weighted by atomic mass is 16.2. The molecule has 2 N–H and O–H groups in total. The van der Waals surface area contributed by atoms with Gasteiger partial charge in [0.2, 0.25) is 0 Å². The molecule has 0 spiro atoms. The normalized spacial score (nSPS) is 12.1. The highest BCUT2D eigenvalue weighted by Crippen LogP contribution is 2.17. The Balaban J connectivity index is 1.72. The van der Waals surface area contributed by atoms with E-state index in [1.807, 2.05) is 67.6 Å². The maximum atomic E-state index is 13.0. The molecule has 2 heterocycles. The number of carbonyl (C=O) groups is 1. The van der Waals surface area contributed by atoms with Gasteiger partial charge >= 0.3 is 5.69 Å². The fraction of sp³-hybridized carbons (Fsp3) is 0.174. The first-order chi connectivity index (χ1) is 14.5. The summed E-state index contributed by atoms with van der Waals surface area (Å²) >= 11 is 0. The molecule has 30 heavy (non-hydrogen) atoms. The Labute approximate surface area is 172 Å². The smallest absolute Gasteiger partial charge is 0.329 e. The van der Waals surface area contributed by atoms with Gasteiger partial charge in [0.05, 0.1) is 23.7 Å². The molecule has 2 aromatic carbocycles. The third kappa shape index (κ3) is 3.57. The number of rotatable bonds is 5. The predicted molar refractivity (Wildman–Crippen MR) is 116 cm³/mol. The zero-order valence-corrected chi connectivity index (χ0v) is 16.8. The van der Waals surface area contributed by atoms with Crippen molar-refractivity contribution in [1.29, 1.82) is 0 Å². The number of nitrogens with zero attached hydrogens (tertiary/aromatic N) is 2. The van der Waals surface area contributed by atoms with E-state index in [2.05, 4.69) is 10.3 Å². The molecule has 0 saturated heterocycles. The van der Waals surface area contributed by atoms with Crippen LogP contribution in [0.25, 0.3) is 11.0 Å². The second-order valence-electron chi connectivity index (χ2n) is 7.29. The minimum atomic E-state index is -0.548. The zero-order valence-electron chi connectivity index (χ0n) is 16.8. The van der Waals surface area contributed by atoms with Crippen molar-refractivity contribution in [2.45, 2.75) is 19.5 Å². The van der Waals surface area contributed by atoms with Gasteiger partial charge in [-0.1, -0.05) is 60.7 Å². The highest BCUT2D eigenvalue weighted by Gasteiger charge is 2.21.